The molecule has 0 N–H and O–H groups in total. The number of rotatable bonds is 0. The lowest BCUT2D eigenvalue weighted by Gasteiger charge is -1.76. The molecule has 0 aliphatic rings. The molecule has 0 amide bonds. The van der Waals surface area contributed by atoms with Crippen LogP contribution in [-0.4, -0.2) is 29.0 Å². The van der Waals surface area contributed by atoms with Gasteiger partial charge in [0.2, 0.25) is 0 Å². The third-order valence-corrected chi connectivity index (χ3v) is 0.729. The Morgan fingerprint density at radius 1 is 1.83 bits per heavy atom. The minimum absolute atomic E-state index is 0. The Morgan fingerprint density at radius 2 is 2.00 bits per heavy atom. The van der Waals surface area contributed by atoms with Gasteiger partial charge in [0, 0.05) is 6.92 Å². The van der Waals surface area contributed by atoms with Gasteiger partial charge in [-0.25, -0.2) is 0 Å². The molecule has 0 bridgehead atoms. The van der Waals surface area contributed by atoms with Gasteiger partial charge in [-0.3, -0.25) is 4.79 Å². The van der Waals surface area contributed by atoms with Crippen molar-refractivity contribution in [2.75, 3.05) is 0 Å². The zero-order valence-electron chi connectivity index (χ0n) is 2.69. The van der Waals surface area contributed by atoms with Gasteiger partial charge in [-0.2, -0.15) is 0 Å². The Balaban J connectivity index is 0. The maximum Gasteiger partial charge on any atom is 0.316 e. The lowest BCUT2D eigenvalue weighted by atomic mass is 10.9. The van der Waals surface area contributed by atoms with Crippen molar-refractivity contribution in [3.05, 3.63) is 0 Å². The highest BCUT2D eigenvalue weighted by Gasteiger charge is 1.78. The average Bonchev–Trinajstić information content (AvgIpc) is 1.38. The molecule has 0 rings (SSSR count). The largest absolute Gasteiger partial charge is 0.395 e. The van der Waals surface area contributed by atoms with E-state index in [2.05, 4.69) is 3.07 Å². The second-order valence-corrected chi connectivity index (χ2v) is 1.01. The first-order valence-electron chi connectivity index (χ1n) is 1.06. The van der Waals surface area contributed by atoms with E-state index in [1.807, 2.05) is 0 Å². The topological polar surface area (TPSA) is 26.3 Å². The van der Waals surface area contributed by atoms with Crippen LogP contribution in [0.1, 0.15) is 6.92 Å². The molecule has 2 nitrogen and oxygen atoms in total. The van der Waals surface area contributed by atoms with Crippen LogP contribution in [0.5, 0.6) is 0 Å². The molecule has 0 aromatic heterocycles. The van der Waals surface area contributed by atoms with Gasteiger partial charge in [0.05, 0.1) is 0 Å². The molecular formula is C2H5IMgO2. The maximum absolute atomic E-state index is 9.58. The summed E-state index contributed by atoms with van der Waals surface area (Å²) in [4.78, 5) is 9.58. The second-order valence-electron chi connectivity index (χ2n) is 0.569. The quantitative estimate of drug-likeness (QED) is 0.417. The highest BCUT2D eigenvalue weighted by atomic mass is 127. The van der Waals surface area contributed by atoms with Crippen molar-refractivity contribution >= 4 is 52.0 Å². The SMILES string of the molecule is CC(=O)OI.[MgH2]. The van der Waals surface area contributed by atoms with Crippen LogP contribution < -0.4 is 0 Å². The normalized spacial score (nSPS) is 5.67. The van der Waals surface area contributed by atoms with Gasteiger partial charge in [0.15, 0.2) is 23.0 Å². The third-order valence-electron chi connectivity index (χ3n) is 0.109. The summed E-state index contributed by atoms with van der Waals surface area (Å²) in [5, 5.41) is 0. The average molecular weight is 212 g/mol. The molecule has 0 radical (unpaired) electrons. The highest BCUT2D eigenvalue weighted by molar-refractivity contribution is 14.1. The Hall–Kier alpha value is 0.966. The van der Waals surface area contributed by atoms with E-state index in [-0.39, 0.29) is 29.0 Å². The van der Waals surface area contributed by atoms with E-state index in [9.17, 15) is 4.79 Å². The van der Waals surface area contributed by atoms with Crippen LogP contribution in [0.2, 0.25) is 0 Å². The van der Waals surface area contributed by atoms with Crippen molar-refractivity contribution in [1.82, 2.24) is 0 Å². The molecule has 0 saturated carbocycles. The van der Waals surface area contributed by atoms with Crippen molar-refractivity contribution in [3.63, 3.8) is 0 Å². The number of halogens is 1. The Kier molecular flexibility index (Phi) is 10.00. The minimum atomic E-state index is -0.259. The molecule has 0 aliphatic heterocycles. The first-order chi connectivity index (χ1) is 2.27. The molecule has 34 valence electrons. The third kappa shape index (κ3) is 8.88. The Morgan fingerprint density at radius 3 is 2.00 bits per heavy atom. The first-order valence-corrected chi connectivity index (χ1v) is 1.94. The molecule has 4 heteroatoms. The van der Waals surface area contributed by atoms with Crippen LogP contribution in [0.4, 0.5) is 0 Å². The van der Waals surface area contributed by atoms with Crippen molar-refractivity contribution in [1.29, 1.82) is 0 Å². The van der Waals surface area contributed by atoms with E-state index in [0.717, 1.165) is 0 Å². The van der Waals surface area contributed by atoms with Crippen LogP contribution in [0.15, 0.2) is 0 Å². The molecular weight excluding hydrogens is 207 g/mol. The summed E-state index contributed by atoms with van der Waals surface area (Å²) in [6.45, 7) is 1.35. The van der Waals surface area contributed by atoms with Crippen molar-refractivity contribution in [2.24, 2.45) is 0 Å². The molecule has 0 fully saturated rings. The lowest BCUT2D eigenvalue weighted by molar-refractivity contribution is -0.128. The fourth-order valence-corrected chi connectivity index (χ4v) is 0. The van der Waals surface area contributed by atoms with Crippen LogP contribution >= 0.6 is 23.0 Å². The summed E-state index contributed by atoms with van der Waals surface area (Å²) in [7, 11) is 0. The summed E-state index contributed by atoms with van der Waals surface area (Å²) in [5.41, 5.74) is 0. The van der Waals surface area contributed by atoms with Crippen LogP contribution in [0.3, 0.4) is 0 Å². The molecule has 0 spiro atoms. The zero-order valence-corrected chi connectivity index (χ0v) is 4.85. The van der Waals surface area contributed by atoms with Gasteiger partial charge in [0.25, 0.3) is 0 Å². The van der Waals surface area contributed by atoms with Gasteiger partial charge >= 0.3 is 29.0 Å². The van der Waals surface area contributed by atoms with Gasteiger partial charge in [-0.15, -0.1) is 0 Å². The smallest absolute Gasteiger partial charge is 0.316 e. The van der Waals surface area contributed by atoms with Gasteiger partial charge in [-0.1, -0.05) is 0 Å². The molecule has 0 atom stereocenters. The fourth-order valence-electron chi connectivity index (χ4n) is 0. The summed E-state index contributed by atoms with van der Waals surface area (Å²) >= 11 is 1.53. The monoisotopic (exact) mass is 212 g/mol. The molecule has 0 heterocycles. The van der Waals surface area contributed by atoms with Crippen LogP contribution in [0, 0.1) is 0 Å². The standard InChI is InChI=1S/C2H3IO2.Mg.2H/c1-2(4)5-3;;;/h1H3;;;. The maximum atomic E-state index is 9.58. The second kappa shape index (κ2) is 5.97. The molecule has 0 saturated heterocycles. The summed E-state index contributed by atoms with van der Waals surface area (Å²) in [6.07, 6.45) is 0. The summed E-state index contributed by atoms with van der Waals surface area (Å²) in [5.74, 6) is -0.259. The number of hydrogen-bond donors (Lipinski definition) is 0. The van der Waals surface area contributed by atoms with E-state index >= 15 is 0 Å². The van der Waals surface area contributed by atoms with Gasteiger partial charge in [-0.05, 0) is 0 Å². The van der Waals surface area contributed by atoms with Crippen LogP contribution in [0.25, 0.3) is 0 Å². The lowest BCUT2D eigenvalue weighted by Crippen LogP contribution is -1.81. The summed E-state index contributed by atoms with van der Waals surface area (Å²) < 4.78 is 4.08. The van der Waals surface area contributed by atoms with Crippen LogP contribution in [-0.2, 0) is 7.86 Å². The fraction of sp³-hybridized carbons (Fsp3) is 0.500. The molecule has 0 aromatic rings. The highest BCUT2D eigenvalue weighted by Crippen LogP contribution is 1.82. The minimum Gasteiger partial charge on any atom is -0.395 e. The van der Waals surface area contributed by atoms with Crippen molar-refractivity contribution in [3.8, 4) is 0 Å². The Labute approximate surface area is 66.5 Å². The zero-order chi connectivity index (χ0) is 4.28. The number of carbonyl (C=O) groups excluding carboxylic acids is 1. The van der Waals surface area contributed by atoms with E-state index in [0.29, 0.717) is 0 Å². The molecule has 6 heavy (non-hydrogen) atoms. The Bertz CT molecular complexity index is 46.8. The molecule has 0 unspecified atom stereocenters. The number of carbonyl (C=O) groups is 1. The first kappa shape index (κ1) is 10.1. The predicted molar refractivity (Wildman–Crippen MR) is 34.3 cm³/mol. The van der Waals surface area contributed by atoms with E-state index in [1.165, 1.54) is 29.9 Å². The van der Waals surface area contributed by atoms with E-state index in [4.69, 9.17) is 0 Å². The van der Waals surface area contributed by atoms with Gasteiger partial charge in [0.1, 0.15) is 0 Å². The number of hydrogen-bond acceptors (Lipinski definition) is 2. The predicted octanol–water partition coefficient (Wildman–Crippen LogP) is -0.0167. The van der Waals surface area contributed by atoms with Gasteiger partial charge < -0.3 is 3.07 Å². The molecule has 0 aromatic carbocycles. The molecule has 0 aliphatic carbocycles. The van der Waals surface area contributed by atoms with E-state index < -0.39 is 0 Å². The van der Waals surface area contributed by atoms with Crippen molar-refractivity contribution in [2.45, 2.75) is 6.92 Å². The van der Waals surface area contributed by atoms with E-state index in [1.54, 1.807) is 0 Å². The summed E-state index contributed by atoms with van der Waals surface area (Å²) in [6, 6.07) is 0. The van der Waals surface area contributed by atoms with Crippen molar-refractivity contribution < 1.29 is 7.86 Å².